The molecule has 0 saturated carbocycles. The average molecular weight is 461 g/mol. The van der Waals surface area contributed by atoms with Crippen LogP contribution in [0.5, 0.6) is 0 Å². The molecule has 2 aromatic carbocycles. The van der Waals surface area contributed by atoms with Crippen LogP contribution in [0.4, 0.5) is 14.5 Å². The van der Waals surface area contributed by atoms with E-state index in [4.69, 9.17) is 0 Å². The van der Waals surface area contributed by atoms with E-state index in [1.165, 1.54) is 31.2 Å². The molecule has 0 radical (unpaired) electrons. The number of carbonyl (C=O) groups is 1. The molecule has 2 aromatic rings. The fraction of sp³-hybridized carbons (Fsp3) is 0.316. The smallest absolute Gasteiger partial charge is 0.244 e. The van der Waals surface area contributed by atoms with E-state index in [2.05, 4.69) is 5.32 Å². The third kappa shape index (κ3) is 5.54. The minimum Gasteiger partial charge on any atom is -0.348 e. The van der Waals surface area contributed by atoms with Crippen molar-refractivity contribution in [3.8, 4) is 0 Å². The number of benzene rings is 2. The largest absolute Gasteiger partial charge is 0.348 e. The fourth-order valence-electron chi connectivity index (χ4n) is 2.85. The van der Waals surface area contributed by atoms with Crippen molar-refractivity contribution in [2.24, 2.45) is 0 Å². The molecule has 0 saturated heterocycles. The molecule has 0 aliphatic rings. The second-order valence-corrected chi connectivity index (χ2v) is 10.8. The lowest BCUT2D eigenvalue weighted by atomic mass is 10.1. The van der Waals surface area contributed by atoms with Crippen LogP contribution in [0.1, 0.15) is 25.5 Å². The van der Waals surface area contributed by atoms with Crippen molar-refractivity contribution in [3.05, 3.63) is 59.7 Å². The van der Waals surface area contributed by atoms with Crippen molar-refractivity contribution in [1.29, 1.82) is 0 Å². The molecule has 0 unspecified atom stereocenters. The molecule has 1 N–H and O–H groups in total. The molecule has 2 rings (SSSR count). The van der Waals surface area contributed by atoms with Crippen LogP contribution in [0.2, 0.25) is 0 Å². The van der Waals surface area contributed by atoms with Gasteiger partial charge < -0.3 is 5.32 Å². The van der Waals surface area contributed by atoms with Crippen molar-refractivity contribution in [2.75, 3.05) is 16.8 Å². The SMILES string of the molecule is C[C@H](C(=O)N[C@H](C)c1ccc(S(C)(=O)=O)cc1)N(c1ccc(F)c(F)c1)S(C)(=O)=O. The Bertz CT molecular complexity index is 1150. The molecule has 30 heavy (non-hydrogen) atoms. The van der Waals surface area contributed by atoms with E-state index >= 15 is 0 Å². The zero-order valence-electron chi connectivity index (χ0n) is 16.8. The van der Waals surface area contributed by atoms with Crippen molar-refractivity contribution in [1.82, 2.24) is 5.32 Å². The number of hydrogen-bond donors (Lipinski definition) is 1. The molecule has 0 aliphatic carbocycles. The Morgan fingerprint density at radius 2 is 1.50 bits per heavy atom. The maximum absolute atomic E-state index is 13.6. The number of halogens is 2. The maximum Gasteiger partial charge on any atom is 0.244 e. The molecule has 0 fully saturated rings. The van der Waals surface area contributed by atoms with Crippen LogP contribution in [0, 0.1) is 11.6 Å². The standard InChI is InChI=1S/C19H22F2N2O5S2/c1-12(14-5-8-16(9-6-14)29(3,25)26)22-19(24)13(2)23(30(4,27)28)15-7-10-17(20)18(21)11-15/h5-13H,1-4H3,(H,22,24)/t12-,13-/m1/s1. The molecule has 7 nitrogen and oxygen atoms in total. The van der Waals surface area contributed by atoms with E-state index in [1.807, 2.05) is 0 Å². The Balaban J connectivity index is 2.25. The van der Waals surface area contributed by atoms with Crippen molar-refractivity contribution < 1.29 is 30.4 Å². The molecule has 1 amide bonds. The van der Waals surface area contributed by atoms with Gasteiger partial charge in [0.15, 0.2) is 21.5 Å². The van der Waals surface area contributed by atoms with Crippen molar-refractivity contribution in [2.45, 2.75) is 30.8 Å². The van der Waals surface area contributed by atoms with Crippen LogP contribution in [-0.4, -0.2) is 41.3 Å². The van der Waals surface area contributed by atoms with Crippen LogP contribution in [-0.2, 0) is 24.7 Å². The Morgan fingerprint density at radius 3 is 1.97 bits per heavy atom. The van der Waals surface area contributed by atoms with Gasteiger partial charge in [-0.05, 0) is 43.7 Å². The Morgan fingerprint density at radius 1 is 0.933 bits per heavy atom. The van der Waals surface area contributed by atoms with E-state index in [-0.39, 0.29) is 10.6 Å². The number of nitrogens with one attached hydrogen (secondary N) is 1. The second-order valence-electron chi connectivity index (χ2n) is 6.90. The highest BCUT2D eigenvalue weighted by molar-refractivity contribution is 7.92. The quantitative estimate of drug-likeness (QED) is 0.684. The Labute approximate surface area is 174 Å². The molecule has 11 heteroatoms. The third-order valence-electron chi connectivity index (χ3n) is 4.41. The molecule has 0 spiro atoms. The minimum atomic E-state index is -4.00. The number of rotatable bonds is 7. The van der Waals surface area contributed by atoms with Gasteiger partial charge in [-0.2, -0.15) is 0 Å². The lowest BCUT2D eigenvalue weighted by Crippen LogP contribution is -2.48. The minimum absolute atomic E-state index is 0.125. The highest BCUT2D eigenvalue weighted by Crippen LogP contribution is 2.24. The average Bonchev–Trinajstić information content (AvgIpc) is 2.63. The summed E-state index contributed by atoms with van der Waals surface area (Å²) in [6, 6.07) is 6.60. The van der Waals surface area contributed by atoms with Crippen molar-refractivity contribution in [3.63, 3.8) is 0 Å². The van der Waals surface area contributed by atoms with Gasteiger partial charge in [-0.15, -0.1) is 0 Å². The van der Waals surface area contributed by atoms with Gasteiger partial charge in [0, 0.05) is 12.3 Å². The summed E-state index contributed by atoms with van der Waals surface area (Å²) >= 11 is 0. The van der Waals surface area contributed by atoms with Gasteiger partial charge >= 0.3 is 0 Å². The lowest BCUT2D eigenvalue weighted by molar-refractivity contribution is -0.122. The molecule has 2 atom stereocenters. The summed E-state index contributed by atoms with van der Waals surface area (Å²) in [5.41, 5.74) is 0.408. The van der Waals surface area contributed by atoms with Gasteiger partial charge in [0.05, 0.1) is 22.9 Å². The first-order valence-electron chi connectivity index (χ1n) is 8.76. The first kappa shape index (κ1) is 23.7. The summed E-state index contributed by atoms with van der Waals surface area (Å²) in [5.74, 6) is -3.06. The number of hydrogen-bond acceptors (Lipinski definition) is 5. The van der Waals surface area contributed by atoms with Gasteiger partial charge in [-0.1, -0.05) is 12.1 Å². The third-order valence-corrected chi connectivity index (χ3v) is 6.78. The van der Waals surface area contributed by atoms with Crippen LogP contribution < -0.4 is 9.62 Å². The first-order valence-corrected chi connectivity index (χ1v) is 12.5. The summed E-state index contributed by atoms with van der Waals surface area (Å²) in [7, 11) is -7.36. The number of sulfone groups is 1. The maximum atomic E-state index is 13.6. The predicted molar refractivity (Wildman–Crippen MR) is 109 cm³/mol. The summed E-state index contributed by atoms with van der Waals surface area (Å²) < 4.78 is 75.1. The molecule has 0 heterocycles. The van der Waals surface area contributed by atoms with Crippen LogP contribution in [0.15, 0.2) is 47.4 Å². The van der Waals surface area contributed by atoms with E-state index in [1.54, 1.807) is 6.92 Å². The zero-order chi connectivity index (χ0) is 22.9. The molecular formula is C19H22F2N2O5S2. The highest BCUT2D eigenvalue weighted by Gasteiger charge is 2.30. The topological polar surface area (TPSA) is 101 Å². The van der Waals surface area contributed by atoms with Gasteiger partial charge in [0.1, 0.15) is 6.04 Å². The molecule has 0 aliphatic heterocycles. The van der Waals surface area contributed by atoms with Gasteiger partial charge in [-0.3, -0.25) is 9.10 Å². The second kappa shape index (κ2) is 8.68. The molecular weight excluding hydrogens is 438 g/mol. The fourth-order valence-corrected chi connectivity index (χ4v) is 4.65. The van der Waals surface area contributed by atoms with Gasteiger partial charge in [0.2, 0.25) is 15.9 Å². The Kier molecular flexibility index (Phi) is 6.87. The van der Waals surface area contributed by atoms with E-state index in [0.717, 1.165) is 24.6 Å². The number of amides is 1. The van der Waals surface area contributed by atoms with E-state index < -0.39 is 49.5 Å². The van der Waals surface area contributed by atoms with Crippen LogP contribution in [0.25, 0.3) is 0 Å². The molecule has 0 aromatic heterocycles. The molecule has 0 bridgehead atoms. The summed E-state index contributed by atoms with van der Waals surface area (Å²) in [4.78, 5) is 12.8. The van der Waals surface area contributed by atoms with E-state index in [0.29, 0.717) is 15.9 Å². The molecule has 164 valence electrons. The highest BCUT2D eigenvalue weighted by atomic mass is 32.2. The summed E-state index contributed by atoms with van der Waals surface area (Å²) in [6.07, 6.45) is 1.93. The number of sulfonamides is 1. The van der Waals surface area contributed by atoms with Gasteiger partial charge in [0.25, 0.3) is 0 Å². The monoisotopic (exact) mass is 460 g/mol. The predicted octanol–water partition coefficient (Wildman–Crippen LogP) is 2.40. The number of nitrogens with zero attached hydrogens (tertiary/aromatic N) is 1. The number of anilines is 1. The van der Waals surface area contributed by atoms with Crippen LogP contribution >= 0.6 is 0 Å². The van der Waals surface area contributed by atoms with Crippen LogP contribution in [0.3, 0.4) is 0 Å². The number of carbonyl (C=O) groups excluding carboxylic acids is 1. The Hall–Kier alpha value is -2.53. The lowest BCUT2D eigenvalue weighted by Gasteiger charge is -2.29. The van der Waals surface area contributed by atoms with E-state index in [9.17, 15) is 30.4 Å². The summed E-state index contributed by atoms with van der Waals surface area (Å²) in [6.45, 7) is 2.96. The van der Waals surface area contributed by atoms with Crippen molar-refractivity contribution >= 4 is 31.5 Å². The zero-order valence-corrected chi connectivity index (χ0v) is 18.4. The normalized spacial score (nSPS) is 14.1. The van der Waals surface area contributed by atoms with Gasteiger partial charge in [-0.25, -0.2) is 25.6 Å². The first-order chi connectivity index (χ1) is 13.7. The summed E-state index contributed by atoms with van der Waals surface area (Å²) in [5, 5.41) is 2.64.